The van der Waals surface area contributed by atoms with Crippen LogP contribution >= 0.6 is 15.9 Å². The Balaban J connectivity index is 2.07. The molecular formula is C13H12BrN3O3. The molecule has 0 atom stereocenters. The summed E-state index contributed by atoms with van der Waals surface area (Å²) in [5, 5.41) is 3.93. The monoisotopic (exact) mass is 337 g/mol. The number of halogens is 1. The first kappa shape index (κ1) is 14.4. The first-order chi connectivity index (χ1) is 9.60. The smallest absolute Gasteiger partial charge is 0.359 e. The van der Waals surface area contributed by atoms with Crippen LogP contribution in [-0.4, -0.2) is 20.7 Å². The van der Waals surface area contributed by atoms with E-state index in [0.717, 1.165) is 10.0 Å². The Morgan fingerprint density at radius 2 is 2.20 bits per heavy atom. The van der Waals surface area contributed by atoms with E-state index >= 15 is 0 Å². The molecule has 2 aromatic heterocycles. The summed E-state index contributed by atoms with van der Waals surface area (Å²) in [5.74, 6) is -0.577. The van der Waals surface area contributed by atoms with Crippen LogP contribution in [0.2, 0.25) is 0 Å². The van der Waals surface area contributed by atoms with Crippen molar-refractivity contribution in [3.63, 3.8) is 0 Å². The fourth-order valence-electron chi connectivity index (χ4n) is 1.54. The highest BCUT2D eigenvalue weighted by Gasteiger charge is 2.11. The number of esters is 1. The zero-order chi connectivity index (χ0) is 14.5. The van der Waals surface area contributed by atoms with Crippen LogP contribution in [0.5, 0.6) is 0 Å². The van der Waals surface area contributed by atoms with E-state index in [1.807, 2.05) is 0 Å². The van der Waals surface area contributed by atoms with Crippen molar-refractivity contribution in [3.05, 3.63) is 56.7 Å². The number of ether oxygens (including phenoxy) is 1. The van der Waals surface area contributed by atoms with E-state index in [1.54, 1.807) is 25.4 Å². The Morgan fingerprint density at radius 3 is 2.90 bits per heavy atom. The topological polar surface area (TPSA) is 74.1 Å². The summed E-state index contributed by atoms with van der Waals surface area (Å²) in [6, 6.07) is 4.46. The number of nitrogens with zero attached hydrogens (tertiary/aromatic N) is 3. The normalized spacial score (nSPS) is 10.3. The number of pyridine rings is 1. The average Bonchev–Trinajstić information content (AvgIpc) is 2.45. The summed E-state index contributed by atoms with van der Waals surface area (Å²) in [6.45, 7) is 2.27. The Morgan fingerprint density at radius 1 is 1.40 bits per heavy atom. The van der Waals surface area contributed by atoms with Crippen molar-refractivity contribution in [2.75, 3.05) is 0 Å². The van der Waals surface area contributed by atoms with E-state index in [1.165, 1.54) is 16.8 Å². The molecule has 0 saturated heterocycles. The Bertz CT molecular complexity index is 685. The second-order valence-electron chi connectivity index (χ2n) is 3.96. The van der Waals surface area contributed by atoms with E-state index in [-0.39, 0.29) is 17.9 Å². The molecule has 20 heavy (non-hydrogen) atoms. The zero-order valence-corrected chi connectivity index (χ0v) is 12.3. The van der Waals surface area contributed by atoms with Gasteiger partial charge in [-0.15, -0.1) is 0 Å². The maximum atomic E-state index is 11.9. The molecule has 6 nitrogen and oxygen atoms in total. The lowest BCUT2D eigenvalue weighted by atomic mass is 10.3. The number of carbonyl (C=O) groups excluding carboxylic acids is 1. The summed E-state index contributed by atoms with van der Waals surface area (Å²) < 4.78 is 7.15. The van der Waals surface area contributed by atoms with E-state index in [0.29, 0.717) is 6.54 Å². The molecule has 0 N–H and O–H groups in total. The number of hydrogen-bond donors (Lipinski definition) is 0. The molecule has 0 aliphatic carbocycles. The molecule has 2 heterocycles. The number of rotatable bonds is 4. The summed E-state index contributed by atoms with van der Waals surface area (Å²) in [7, 11) is 0. The molecular weight excluding hydrogens is 326 g/mol. The van der Waals surface area contributed by atoms with Crippen molar-refractivity contribution in [3.8, 4) is 0 Å². The fourth-order valence-corrected chi connectivity index (χ4v) is 1.95. The first-order valence-electron chi connectivity index (χ1n) is 5.95. The number of carbonyl (C=O) groups is 1. The quantitative estimate of drug-likeness (QED) is 0.795. The van der Waals surface area contributed by atoms with Gasteiger partial charge in [-0.25, -0.2) is 9.48 Å². The molecule has 0 saturated carbocycles. The van der Waals surface area contributed by atoms with Crippen LogP contribution in [0.1, 0.15) is 23.0 Å². The highest BCUT2D eigenvalue weighted by molar-refractivity contribution is 9.10. The van der Waals surface area contributed by atoms with E-state index in [9.17, 15) is 9.59 Å². The van der Waals surface area contributed by atoms with Crippen LogP contribution < -0.4 is 5.56 Å². The van der Waals surface area contributed by atoms with Crippen LogP contribution in [0.3, 0.4) is 0 Å². The Labute approximate surface area is 123 Å². The highest BCUT2D eigenvalue weighted by atomic mass is 79.9. The van der Waals surface area contributed by atoms with Gasteiger partial charge in [0, 0.05) is 35.0 Å². The molecule has 0 aromatic carbocycles. The largest absolute Gasteiger partial charge is 0.456 e. The number of aryl methyl sites for hydroxylation is 1. The van der Waals surface area contributed by atoms with Crippen LogP contribution in [0.25, 0.3) is 0 Å². The Hall–Kier alpha value is -2.02. The van der Waals surface area contributed by atoms with Gasteiger partial charge in [0.25, 0.3) is 5.56 Å². The highest BCUT2D eigenvalue weighted by Crippen LogP contribution is 2.10. The standard InChI is InChI=1S/C13H12BrN3O3/c1-2-17-12(18)4-3-11(16-17)13(19)20-8-9-5-10(14)7-15-6-9/h3-7H,2,8H2,1H3. The van der Waals surface area contributed by atoms with Crippen molar-refractivity contribution in [2.45, 2.75) is 20.1 Å². The molecule has 0 fully saturated rings. The molecule has 0 aliphatic heterocycles. The van der Waals surface area contributed by atoms with Crippen molar-refractivity contribution >= 4 is 21.9 Å². The van der Waals surface area contributed by atoms with Gasteiger partial charge < -0.3 is 4.74 Å². The van der Waals surface area contributed by atoms with E-state index in [2.05, 4.69) is 26.0 Å². The summed E-state index contributed by atoms with van der Waals surface area (Å²) >= 11 is 3.29. The maximum Gasteiger partial charge on any atom is 0.359 e. The van der Waals surface area contributed by atoms with Gasteiger partial charge >= 0.3 is 5.97 Å². The third-order valence-corrected chi connectivity index (χ3v) is 2.94. The molecule has 2 rings (SSSR count). The van der Waals surface area contributed by atoms with Crippen LogP contribution in [0, 0.1) is 0 Å². The fraction of sp³-hybridized carbons (Fsp3) is 0.231. The van der Waals surface area contributed by atoms with Crippen molar-refractivity contribution in [1.29, 1.82) is 0 Å². The molecule has 2 aromatic rings. The molecule has 0 radical (unpaired) electrons. The molecule has 0 unspecified atom stereocenters. The summed E-state index contributed by atoms with van der Waals surface area (Å²) in [6.07, 6.45) is 3.25. The van der Waals surface area contributed by atoms with Gasteiger partial charge in [-0.05, 0) is 35.0 Å². The van der Waals surface area contributed by atoms with Crippen molar-refractivity contribution in [2.24, 2.45) is 0 Å². The summed E-state index contributed by atoms with van der Waals surface area (Å²) in [5.41, 5.74) is 0.617. The minimum absolute atomic E-state index is 0.0954. The number of hydrogen-bond acceptors (Lipinski definition) is 5. The van der Waals surface area contributed by atoms with Gasteiger partial charge in [0.1, 0.15) is 6.61 Å². The third kappa shape index (κ3) is 3.51. The van der Waals surface area contributed by atoms with Gasteiger partial charge in [-0.2, -0.15) is 5.10 Å². The van der Waals surface area contributed by atoms with Gasteiger partial charge in [-0.1, -0.05) is 0 Å². The van der Waals surface area contributed by atoms with Crippen molar-refractivity contribution in [1.82, 2.24) is 14.8 Å². The molecule has 104 valence electrons. The molecule has 0 aliphatic rings. The second kappa shape index (κ2) is 6.42. The van der Waals surface area contributed by atoms with Crippen molar-refractivity contribution < 1.29 is 9.53 Å². The lowest BCUT2D eigenvalue weighted by Gasteiger charge is -2.06. The van der Waals surface area contributed by atoms with Gasteiger partial charge in [-0.3, -0.25) is 9.78 Å². The zero-order valence-electron chi connectivity index (χ0n) is 10.7. The first-order valence-corrected chi connectivity index (χ1v) is 6.74. The predicted molar refractivity (Wildman–Crippen MR) is 75.2 cm³/mol. The van der Waals surface area contributed by atoms with Crippen LogP contribution in [0.4, 0.5) is 0 Å². The minimum atomic E-state index is -0.577. The van der Waals surface area contributed by atoms with Crippen LogP contribution in [0.15, 0.2) is 39.9 Å². The number of aromatic nitrogens is 3. The minimum Gasteiger partial charge on any atom is -0.456 e. The van der Waals surface area contributed by atoms with Gasteiger partial charge in [0.2, 0.25) is 0 Å². The van der Waals surface area contributed by atoms with E-state index in [4.69, 9.17) is 4.74 Å². The van der Waals surface area contributed by atoms with Gasteiger partial charge in [0.05, 0.1) is 0 Å². The third-order valence-electron chi connectivity index (χ3n) is 2.51. The van der Waals surface area contributed by atoms with Gasteiger partial charge in [0.15, 0.2) is 5.69 Å². The maximum absolute atomic E-state index is 11.9. The SMILES string of the molecule is CCn1nc(C(=O)OCc2cncc(Br)c2)ccc1=O. The van der Waals surface area contributed by atoms with Crippen LogP contribution in [-0.2, 0) is 17.9 Å². The van der Waals surface area contributed by atoms with E-state index < -0.39 is 5.97 Å². The molecule has 7 heteroatoms. The predicted octanol–water partition coefficient (Wildman–Crippen LogP) is 1.78. The Kier molecular flexibility index (Phi) is 4.62. The summed E-state index contributed by atoms with van der Waals surface area (Å²) in [4.78, 5) is 27.2. The average molecular weight is 338 g/mol. The lowest BCUT2D eigenvalue weighted by molar-refractivity contribution is 0.0462. The molecule has 0 amide bonds. The molecule has 0 bridgehead atoms. The lowest BCUT2D eigenvalue weighted by Crippen LogP contribution is -2.24. The molecule has 0 spiro atoms. The second-order valence-corrected chi connectivity index (χ2v) is 4.88.